The number of benzene rings is 3. The Labute approximate surface area is 225 Å². The molecule has 0 saturated heterocycles. The van der Waals surface area contributed by atoms with Gasteiger partial charge >= 0.3 is 11.0 Å². The van der Waals surface area contributed by atoms with Crippen molar-refractivity contribution in [1.29, 1.82) is 0 Å². The summed E-state index contributed by atoms with van der Waals surface area (Å²) in [5.41, 5.74) is -12.8. The largest absolute Gasteiger partial charge is 0.502 e. The van der Waals surface area contributed by atoms with Crippen molar-refractivity contribution in [3.63, 3.8) is 0 Å². The van der Waals surface area contributed by atoms with E-state index in [2.05, 4.69) is 26.6 Å². The maximum atomic E-state index is 13.5. The van der Waals surface area contributed by atoms with E-state index in [4.69, 9.17) is 4.74 Å². The van der Waals surface area contributed by atoms with Gasteiger partial charge in [-0.1, -0.05) is 15.9 Å². The smallest absolute Gasteiger partial charge is 0.456 e. The van der Waals surface area contributed by atoms with E-state index in [1.807, 2.05) is 0 Å². The Balaban J connectivity index is 2.29. The minimum absolute atomic E-state index is 0.0660. The van der Waals surface area contributed by atoms with Crippen LogP contribution in [0, 0.1) is 0 Å². The van der Waals surface area contributed by atoms with Crippen LogP contribution in [0.15, 0.2) is 74.9 Å². The Morgan fingerprint density at radius 2 is 1.26 bits per heavy atom. The average Bonchev–Trinajstić information content (AvgIpc) is 2.80. The van der Waals surface area contributed by atoms with Crippen LogP contribution < -0.4 is 15.4 Å². The first-order valence-electron chi connectivity index (χ1n) is 10.2. The Hall–Kier alpha value is -3.31. The van der Waals surface area contributed by atoms with E-state index in [1.54, 1.807) is 0 Å². The molecule has 0 fully saturated rings. The standard InChI is InChI=1S/C22H15BrF6N2O6S2/c1-12(32)30-14-4-6-15(7-5-14)31-17-10-18(37-16-8-2-13(23)3-9-16)20(39(35,36)22(27,28)29)11-19(17)38(33,34)21(24,25)26/h2-11,31H,1H3,(H,30,32). The second-order valence-electron chi connectivity index (χ2n) is 7.63. The van der Waals surface area contributed by atoms with Crippen molar-refractivity contribution in [2.24, 2.45) is 0 Å². The molecule has 2 N–H and O–H groups in total. The highest BCUT2D eigenvalue weighted by molar-refractivity contribution is 9.10. The first-order valence-corrected chi connectivity index (χ1v) is 14.0. The third-order valence-corrected chi connectivity index (χ3v) is 8.32. The molecule has 0 aromatic heterocycles. The van der Waals surface area contributed by atoms with Gasteiger partial charge in [-0.25, -0.2) is 16.8 Å². The fourth-order valence-electron chi connectivity index (χ4n) is 3.03. The van der Waals surface area contributed by atoms with Crippen LogP contribution in [-0.2, 0) is 24.5 Å². The normalized spacial score (nSPS) is 12.6. The van der Waals surface area contributed by atoms with Crippen molar-refractivity contribution >= 4 is 58.6 Å². The lowest BCUT2D eigenvalue weighted by molar-refractivity contribution is -0.114. The highest BCUT2D eigenvalue weighted by Gasteiger charge is 2.52. The third-order valence-electron chi connectivity index (χ3n) is 4.76. The van der Waals surface area contributed by atoms with Crippen LogP contribution in [0.2, 0.25) is 0 Å². The Morgan fingerprint density at radius 1 is 0.769 bits per heavy atom. The van der Waals surface area contributed by atoms with Gasteiger partial charge < -0.3 is 15.4 Å². The molecule has 1 amide bonds. The van der Waals surface area contributed by atoms with E-state index in [0.717, 1.165) is 0 Å². The molecular formula is C22H15BrF6N2O6S2. The summed E-state index contributed by atoms with van der Waals surface area (Å²) in [6.45, 7) is 1.21. The second kappa shape index (κ2) is 10.7. The molecule has 210 valence electrons. The van der Waals surface area contributed by atoms with Gasteiger partial charge in [-0.05, 0) is 54.6 Å². The van der Waals surface area contributed by atoms with Gasteiger partial charge in [0.1, 0.15) is 21.3 Å². The predicted molar refractivity (Wildman–Crippen MR) is 131 cm³/mol. The predicted octanol–water partition coefficient (Wildman–Crippen LogP) is 6.53. The summed E-state index contributed by atoms with van der Waals surface area (Å²) in [4.78, 5) is 7.53. The first-order chi connectivity index (χ1) is 17.8. The lowest BCUT2D eigenvalue weighted by atomic mass is 10.2. The maximum Gasteiger partial charge on any atom is 0.502 e. The molecule has 3 rings (SSSR count). The average molecular weight is 661 g/mol. The van der Waals surface area contributed by atoms with Gasteiger partial charge in [0.2, 0.25) is 5.91 Å². The minimum Gasteiger partial charge on any atom is -0.456 e. The SMILES string of the molecule is CC(=O)Nc1ccc(Nc2cc(Oc3ccc(Br)cc3)c(S(=O)(=O)C(F)(F)F)cc2S(=O)(=O)C(F)(F)F)cc1. The van der Waals surface area contributed by atoms with Gasteiger partial charge in [0.25, 0.3) is 19.7 Å². The highest BCUT2D eigenvalue weighted by atomic mass is 79.9. The number of anilines is 3. The number of halogens is 7. The number of ether oxygens (including phenoxy) is 1. The van der Waals surface area contributed by atoms with Crippen molar-refractivity contribution in [2.45, 2.75) is 27.7 Å². The molecule has 0 aliphatic heterocycles. The van der Waals surface area contributed by atoms with Crippen molar-refractivity contribution in [1.82, 2.24) is 0 Å². The summed E-state index contributed by atoms with van der Waals surface area (Å²) >= 11 is 3.11. The zero-order chi connectivity index (χ0) is 29.4. The van der Waals surface area contributed by atoms with Gasteiger partial charge in [0.15, 0.2) is 0 Å². The third kappa shape index (κ3) is 6.65. The van der Waals surface area contributed by atoms with Gasteiger partial charge in [-0.3, -0.25) is 4.79 Å². The van der Waals surface area contributed by atoms with Crippen molar-refractivity contribution in [3.8, 4) is 11.5 Å². The maximum absolute atomic E-state index is 13.5. The molecule has 0 atom stereocenters. The van der Waals surface area contributed by atoms with E-state index in [1.165, 1.54) is 55.5 Å². The number of sulfone groups is 2. The summed E-state index contributed by atoms with van der Waals surface area (Å²) in [6.07, 6.45) is 0. The number of rotatable bonds is 7. The van der Waals surface area contributed by atoms with Crippen molar-refractivity contribution < 1.29 is 52.7 Å². The zero-order valence-electron chi connectivity index (χ0n) is 19.2. The van der Waals surface area contributed by atoms with E-state index < -0.39 is 57.8 Å². The van der Waals surface area contributed by atoms with Gasteiger partial charge in [-0.15, -0.1) is 0 Å². The van der Waals surface area contributed by atoms with Gasteiger partial charge in [0, 0.05) is 28.8 Å². The van der Waals surface area contributed by atoms with Crippen LogP contribution in [0.4, 0.5) is 43.4 Å². The number of carbonyl (C=O) groups excluding carboxylic acids is 1. The van der Waals surface area contributed by atoms with Crippen LogP contribution in [0.5, 0.6) is 11.5 Å². The molecule has 3 aromatic carbocycles. The number of hydrogen-bond donors (Lipinski definition) is 2. The molecule has 0 spiro atoms. The molecule has 8 nitrogen and oxygen atoms in total. The fraction of sp³-hybridized carbons (Fsp3) is 0.136. The quantitative estimate of drug-likeness (QED) is 0.277. The van der Waals surface area contributed by atoms with E-state index in [9.17, 15) is 48.0 Å². The van der Waals surface area contributed by atoms with Crippen molar-refractivity contribution in [2.75, 3.05) is 10.6 Å². The first kappa shape index (κ1) is 30.2. The summed E-state index contributed by atoms with van der Waals surface area (Å²) in [6, 6.07) is 10.3. The Bertz CT molecular complexity index is 1610. The molecule has 3 aromatic rings. The Kier molecular flexibility index (Phi) is 8.29. The monoisotopic (exact) mass is 660 g/mol. The molecule has 0 aliphatic rings. The summed E-state index contributed by atoms with van der Waals surface area (Å²) < 4.78 is 136. The molecule has 39 heavy (non-hydrogen) atoms. The molecule has 0 radical (unpaired) electrons. The molecule has 0 unspecified atom stereocenters. The molecule has 0 heterocycles. The lowest BCUT2D eigenvalue weighted by Crippen LogP contribution is -2.27. The molecular weight excluding hydrogens is 646 g/mol. The minimum atomic E-state index is -6.40. The van der Waals surface area contributed by atoms with Crippen LogP contribution in [-0.4, -0.2) is 33.8 Å². The van der Waals surface area contributed by atoms with Gasteiger partial charge in [0.05, 0.1) is 5.69 Å². The van der Waals surface area contributed by atoms with Crippen LogP contribution in [0.3, 0.4) is 0 Å². The molecule has 0 bridgehead atoms. The van der Waals surface area contributed by atoms with E-state index in [0.29, 0.717) is 10.5 Å². The zero-order valence-corrected chi connectivity index (χ0v) is 22.4. The van der Waals surface area contributed by atoms with Crippen molar-refractivity contribution in [3.05, 3.63) is 65.1 Å². The fourth-order valence-corrected chi connectivity index (χ4v) is 5.17. The Morgan fingerprint density at radius 3 is 1.74 bits per heavy atom. The molecule has 17 heteroatoms. The number of hydrogen-bond acceptors (Lipinski definition) is 7. The number of nitrogens with one attached hydrogen (secondary N) is 2. The number of alkyl halides is 6. The summed E-state index contributed by atoms with van der Waals surface area (Å²) in [7, 11) is -12.8. The number of carbonyl (C=O) groups is 1. The second-order valence-corrected chi connectivity index (χ2v) is 12.4. The highest BCUT2D eigenvalue weighted by Crippen LogP contribution is 2.44. The van der Waals surface area contributed by atoms with Crippen LogP contribution in [0.25, 0.3) is 0 Å². The van der Waals surface area contributed by atoms with E-state index in [-0.39, 0.29) is 23.2 Å². The lowest BCUT2D eigenvalue weighted by Gasteiger charge is -2.20. The van der Waals surface area contributed by atoms with E-state index >= 15 is 0 Å². The van der Waals surface area contributed by atoms with Crippen LogP contribution >= 0.6 is 15.9 Å². The summed E-state index contributed by atoms with van der Waals surface area (Å²) in [5, 5.41) is 4.75. The molecule has 0 aliphatic carbocycles. The van der Waals surface area contributed by atoms with Gasteiger partial charge in [-0.2, -0.15) is 26.3 Å². The number of amides is 1. The van der Waals surface area contributed by atoms with Crippen LogP contribution in [0.1, 0.15) is 6.92 Å². The topological polar surface area (TPSA) is 119 Å². The molecule has 0 saturated carbocycles. The summed E-state index contributed by atoms with van der Waals surface area (Å²) in [5.74, 6) is -1.76.